The van der Waals surface area contributed by atoms with Crippen molar-refractivity contribution in [3.8, 4) is 0 Å². The monoisotopic (exact) mass is 414 g/mol. The summed E-state index contributed by atoms with van der Waals surface area (Å²) in [6.45, 7) is 1.72. The van der Waals surface area contributed by atoms with Crippen LogP contribution in [-0.4, -0.2) is 33.2 Å². The van der Waals surface area contributed by atoms with E-state index in [1.165, 1.54) is 23.6 Å². The van der Waals surface area contributed by atoms with E-state index >= 15 is 0 Å². The van der Waals surface area contributed by atoms with E-state index in [2.05, 4.69) is 21.2 Å². The lowest BCUT2D eigenvalue weighted by Crippen LogP contribution is -2.45. The predicted molar refractivity (Wildman–Crippen MR) is 98.4 cm³/mol. The molecule has 3 atom stereocenters. The van der Waals surface area contributed by atoms with Crippen LogP contribution in [0.15, 0.2) is 22.7 Å². The normalized spacial score (nSPS) is 25.7. The number of carbonyl (C=O) groups is 1. The Kier molecular flexibility index (Phi) is 4.93. The third-order valence-corrected chi connectivity index (χ3v) is 7.23. The number of anilines is 1. The maximum atomic E-state index is 12.4. The molecular weight excluding hydrogens is 392 g/mol. The molecule has 132 valence electrons. The van der Waals surface area contributed by atoms with Crippen LogP contribution >= 0.6 is 15.9 Å². The fourth-order valence-corrected chi connectivity index (χ4v) is 5.08. The van der Waals surface area contributed by atoms with E-state index in [9.17, 15) is 13.2 Å². The van der Waals surface area contributed by atoms with E-state index in [1.54, 1.807) is 18.2 Å². The Balaban J connectivity index is 1.72. The summed E-state index contributed by atoms with van der Waals surface area (Å²) in [7, 11) is -3.53. The zero-order chi connectivity index (χ0) is 17.5. The number of aryl methyl sites for hydroxylation is 1. The first-order chi connectivity index (χ1) is 11.2. The summed E-state index contributed by atoms with van der Waals surface area (Å²) in [4.78, 5) is 12.4. The summed E-state index contributed by atoms with van der Waals surface area (Å²) < 4.78 is 26.4. The van der Waals surface area contributed by atoms with Gasteiger partial charge in [-0.3, -0.25) is 9.10 Å². The molecule has 24 heavy (non-hydrogen) atoms. The molecule has 7 heteroatoms. The van der Waals surface area contributed by atoms with Crippen LogP contribution in [0.3, 0.4) is 0 Å². The highest BCUT2D eigenvalue weighted by Crippen LogP contribution is 2.44. The van der Waals surface area contributed by atoms with Crippen LogP contribution in [-0.2, 0) is 14.8 Å². The lowest BCUT2D eigenvalue weighted by atomic mass is 9.95. The standard InChI is InChI=1S/C17H23BrN2O3S/c1-11-7-14(5-6-15(11)18)20(24(2,22)23)10-17(21)19-16-9-12-3-4-13(16)8-12/h5-7,12-13,16H,3-4,8-10H2,1-2H3,(H,19,21)/t12-,13+,16-/m1/s1. The highest BCUT2D eigenvalue weighted by atomic mass is 79.9. The van der Waals surface area contributed by atoms with Gasteiger partial charge in [-0.25, -0.2) is 8.42 Å². The number of sulfonamides is 1. The van der Waals surface area contributed by atoms with Crippen LogP contribution in [0.4, 0.5) is 5.69 Å². The van der Waals surface area contributed by atoms with Gasteiger partial charge in [0.25, 0.3) is 0 Å². The highest BCUT2D eigenvalue weighted by molar-refractivity contribution is 9.10. The van der Waals surface area contributed by atoms with Crippen LogP contribution in [0.2, 0.25) is 0 Å². The van der Waals surface area contributed by atoms with Crippen molar-refractivity contribution in [2.45, 2.75) is 38.6 Å². The molecular formula is C17H23BrN2O3S. The molecule has 0 unspecified atom stereocenters. The second-order valence-electron chi connectivity index (χ2n) is 7.05. The second kappa shape index (κ2) is 6.67. The molecule has 0 spiro atoms. The summed E-state index contributed by atoms with van der Waals surface area (Å²) in [5, 5.41) is 3.05. The van der Waals surface area contributed by atoms with Gasteiger partial charge in [0.2, 0.25) is 15.9 Å². The molecule has 0 aliphatic heterocycles. The Bertz CT molecular complexity index is 750. The van der Waals surface area contributed by atoms with Crippen molar-refractivity contribution in [1.29, 1.82) is 0 Å². The van der Waals surface area contributed by atoms with Gasteiger partial charge in [-0.2, -0.15) is 0 Å². The minimum atomic E-state index is -3.53. The van der Waals surface area contributed by atoms with Crippen molar-refractivity contribution in [3.63, 3.8) is 0 Å². The molecule has 0 saturated heterocycles. The number of halogens is 1. The summed E-state index contributed by atoms with van der Waals surface area (Å²) in [6.07, 6.45) is 5.82. The number of benzene rings is 1. The third-order valence-electron chi connectivity index (χ3n) is 5.20. The predicted octanol–water partition coefficient (Wildman–Crippen LogP) is 2.83. The SMILES string of the molecule is Cc1cc(N(CC(=O)N[C@@H]2C[C@@H]3CC[C@H]2C3)S(C)(=O)=O)ccc1Br. The molecule has 1 amide bonds. The van der Waals surface area contributed by atoms with E-state index in [-0.39, 0.29) is 18.5 Å². The average Bonchev–Trinajstić information content (AvgIpc) is 3.09. The number of hydrogen-bond donors (Lipinski definition) is 1. The third kappa shape index (κ3) is 3.77. The van der Waals surface area contributed by atoms with Crippen molar-refractivity contribution < 1.29 is 13.2 Å². The number of nitrogens with zero attached hydrogens (tertiary/aromatic N) is 1. The summed E-state index contributed by atoms with van der Waals surface area (Å²) in [6, 6.07) is 5.50. The number of fused-ring (bicyclic) bond motifs is 2. The van der Waals surface area contributed by atoms with E-state index < -0.39 is 10.0 Å². The number of carbonyl (C=O) groups excluding carboxylic acids is 1. The van der Waals surface area contributed by atoms with E-state index in [4.69, 9.17) is 0 Å². The fourth-order valence-electron chi connectivity index (χ4n) is 3.99. The van der Waals surface area contributed by atoms with E-state index in [1.807, 2.05) is 6.92 Å². The molecule has 3 rings (SSSR count). The maximum Gasteiger partial charge on any atom is 0.241 e. The molecule has 1 N–H and O–H groups in total. The van der Waals surface area contributed by atoms with Crippen LogP contribution in [0.5, 0.6) is 0 Å². The number of amides is 1. The quantitative estimate of drug-likeness (QED) is 0.805. The minimum absolute atomic E-state index is 0.173. The first kappa shape index (κ1) is 17.7. The zero-order valence-electron chi connectivity index (χ0n) is 14.0. The first-order valence-corrected chi connectivity index (χ1v) is 10.9. The molecule has 0 radical (unpaired) electrons. The Morgan fingerprint density at radius 1 is 1.33 bits per heavy atom. The lowest BCUT2D eigenvalue weighted by molar-refractivity contribution is -0.120. The van der Waals surface area contributed by atoms with Crippen molar-refractivity contribution in [3.05, 3.63) is 28.2 Å². The number of hydrogen-bond acceptors (Lipinski definition) is 3. The van der Waals surface area contributed by atoms with Gasteiger partial charge in [0.05, 0.1) is 11.9 Å². The molecule has 0 aromatic heterocycles. The molecule has 5 nitrogen and oxygen atoms in total. The van der Waals surface area contributed by atoms with Crippen LogP contribution in [0.1, 0.15) is 31.2 Å². The van der Waals surface area contributed by atoms with Gasteiger partial charge in [-0.1, -0.05) is 22.4 Å². The molecule has 2 aliphatic carbocycles. The molecule has 1 aromatic rings. The topological polar surface area (TPSA) is 66.5 Å². The van der Waals surface area contributed by atoms with Crippen molar-refractivity contribution in [2.24, 2.45) is 11.8 Å². The molecule has 0 heterocycles. The Labute approximate surface area is 152 Å². The Morgan fingerprint density at radius 2 is 2.08 bits per heavy atom. The van der Waals surface area contributed by atoms with Crippen molar-refractivity contribution >= 4 is 37.5 Å². The first-order valence-electron chi connectivity index (χ1n) is 8.27. The zero-order valence-corrected chi connectivity index (χ0v) is 16.4. The van der Waals surface area contributed by atoms with Gasteiger partial charge < -0.3 is 5.32 Å². The van der Waals surface area contributed by atoms with Gasteiger partial charge >= 0.3 is 0 Å². The fraction of sp³-hybridized carbons (Fsp3) is 0.588. The number of nitrogens with one attached hydrogen (secondary N) is 1. The summed E-state index contributed by atoms with van der Waals surface area (Å²) >= 11 is 3.41. The largest absolute Gasteiger partial charge is 0.352 e. The smallest absolute Gasteiger partial charge is 0.241 e. The van der Waals surface area contributed by atoms with Crippen molar-refractivity contribution in [2.75, 3.05) is 17.1 Å². The maximum absolute atomic E-state index is 12.4. The molecule has 2 bridgehead atoms. The lowest BCUT2D eigenvalue weighted by Gasteiger charge is -2.26. The summed E-state index contributed by atoms with van der Waals surface area (Å²) in [5.41, 5.74) is 1.44. The molecule has 2 aliphatic rings. The van der Waals surface area contributed by atoms with Gasteiger partial charge in [-0.05, 0) is 61.8 Å². The van der Waals surface area contributed by atoms with Crippen LogP contribution in [0.25, 0.3) is 0 Å². The van der Waals surface area contributed by atoms with Gasteiger partial charge in [-0.15, -0.1) is 0 Å². The molecule has 2 saturated carbocycles. The van der Waals surface area contributed by atoms with E-state index in [0.717, 1.165) is 28.6 Å². The molecule has 1 aromatic carbocycles. The van der Waals surface area contributed by atoms with Gasteiger partial charge in [0.1, 0.15) is 6.54 Å². The Morgan fingerprint density at radius 3 is 2.62 bits per heavy atom. The van der Waals surface area contributed by atoms with Crippen LogP contribution in [0, 0.1) is 18.8 Å². The minimum Gasteiger partial charge on any atom is -0.352 e. The van der Waals surface area contributed by atoms with Crippen LogP contribution < -0.4 is 9.62 Å². The van der Waals surface area contributed by atoms with Crippen molar-refractivity contribution in [1.82, 2.24) is 5.32 Å². The van der Waals surface area contributed by atoms with Gasteiger partial charge in [0, 0.05) is 10.5 Å². The Hall–Kier alpha value is -1.08. The second-order valence-corrected chi connectivity index (χ2v) is 9.81. The van der Waals surface area contributed by atoms with E-state index in [0.29, 0.717) is 11.6 Å². The average molecular weight is 415 g/mol. The molecule has 2 fully saturated rings. The summed E-state index contributed by atoms with van der Waals surface area (Å²) in [5.74, 6) is 1.08. The number of rotatable bonds is 5. The highest BCUT2D eigenvalue weighted by Gasteiger charge is 2.40. The van der Waals surface area contributed by atoms with Gasteiger partial charge in [0.15, 0.2) is 0 Å².